The number of piperidine rings is 1. The third kappa shape index (κ3) is 3.27. The molecule has 3 saturated heterocycles. The van der Waals surface area contributed by atoms with Crippen molar-refractivity contribution in [3.05, 3.63) is 0 Å². The van der Waals surface area contributed by atoms with E-state index in [1.165, 1.54) is 0 Å². The summed E-state index contributed by atoms with van der Waals surface area (Å²) in [6.45, 7) is 5.19. The van der Waals surface area contributed by atoms with Crippen LogP contribution in [0.15, 0.2) is 0 Å². The zero-order valence-corrected chi connectivity index (χ0v) is 13.5. The second-order valence-corrected chi connectivity index (χ2v) is 6.68. The van der Waals surface area contributed by atoms with Crippen LogP contribution < -0.4 is 0 Å². The van der Waals surface area contributed by atoms with E-state index in [9.17, 15) is 9.59 Å². The molecular formula is C16H27N3O3. The number of likely N-dealkylation sites (N-methyl/N-ethyl adjacent to an activating group) is 1. The zero-order valence-electron chi connectivity index (χ0n) is 13.5. The maximum Gasteiger partial charge on any atom is 0.239 e. The summed E-state index contributed by atoms with van der Waals surface area (Å²) in [7, 11) is 2.03. The van der Waals surface area contributed by atoms with Crippen LogP contribution in [-0.4, -0.2) is 85.5 Å². The number of likely N-dealkylation sites (tertiary alicyclic amines) is 2. The van der Waals surface area contributed by atoms with Gasteiger partial charge in [0.05, 0.1) is 19.3 Å². The molecule has 0 aromatic heterocycles. The molecule has 22 heavy (non-hydrogen) atoms. The Balaban J connectivity index is 1.49. The lowest BCUT2D eigenvalue weighted by Crippen LogP contribution is -2.50. The van der Waals surface area contributed by atoms with Crippen molar-refractivity contribution in [3.8, 4) is 0 Å². The molecule has 3 aliphatic heterocycles. The predicted octanol–water partition coefficient (Wildman–Crippen LogP) is 0.178. The Morgan fingerprint density at radius 2 is 1.50 bits per heavy atom. The van der Waals surface area contributed by atoms with Gasteiger partial charge in [-0.1, -0.05) is 0 Å². The van der Waals surface area contributed by atoms with Crippen molar-refractivity contribution in [1.82, 2.24) is 14.7 Å². The molecule has 0 aromatic rings. The Kier molecular flexibility index (Phi) is 4.98. The fraction of sp³-hybridized carbons (Fsp3) is 0.875. The molecule has 3 fully saturated rings. The standard InChI is InChI=1S/C16H27N3O3/c1-17-6-2-3-14(17)16(21)18-7-4-13(5-8-18)15(20)19-9-11-22-12-10-19/h13-14H,2-12H2,1H3. The minimum Gasteiger partial charge on any atom is -0.378 e. The summed E-state index contributed by atoms with van der Waals surface area (Å²) < 4.78 is 5.30. The minimum absolute atomic E-state index is 0.0616. The molecule has 6 nitrogen and oxygen atoms in total. The normalized spacial score (nSPS) is 28.1. The van der Waals surface area contributed by atoms with Crippen LogP contribution in [-0.2, 0) is 14.3 Å². The minimum atomic E-state index is 0.0616. The van der Waals surface area contributed by atoms with E-state index in [4.69, 9.17) is 4.74 Å². The van der Waals surface area contributed by atoms with E-state index in [1.807, 2.05) is 16.8 Å². The van der Waals surface area contributed by atoms with Gasteiger partial charge in [-0.05, 0) is 39.3 Å². The van der Waals surface area contributed by atoms with Crippen molar-refractivity contribution in [2.45, 2.75) is 31.7 Å². The van der Waals surface area contributed by atoms with E-state index < -0.39 is 0 Å². The first-order valence-electron chi connectivity index (χ1n) is 8.52. The number of ether oxygens (including phenoxy) is 1. The van der Waals surface area contributed by atoms with Crippen molar-refractivity contribution in [2.75, 3.05) is 53.0 Å². The van der Waals surface area contributed by atoms with E-state index >= 15 is 0 Å². The van der Waals surface area contributed by atoms with E-state index in [2.05, 4.69) is 4.90 Å². The van der Waals surface area contributed by atoms with Crippen molar-refractivity contribution in [1.29, 1.82) is 0 Å². The summed E-state index contributed by atoms with van der Waals surface area (Å²) in [5.74, 6) is 0.606. The van der Waals surface area contributed by atoms with Crippen LogP contribution >= 0.6 is 0 Å². The Morgan fingerprint density at radius 3 is 2.09 bits per heavy atom. The van der Waals surface area contributed by atoms with Gasteiger partial charge in [0.1, 0.15) is 0 Å². The first kappa shape index (κ1) is 15.7. The lowest BCUT2D eigenvalue weighted by Gasteiger charge is -2.37. The molecule has 0 radical (unpaired) electrons. The van der Waals surface area contributed by atoms with E-state index in [0.29, 0.717) is 26.3 Å². The summed E-state index contributed by atoms with van der Waals surface area (Å²) in [4.78, 5) is 31.1. The SMILES string of the molecule is CN1CCCC1C(=O)N1CCC(C(=O)N2CCOCC2)CC1. The predicted molar refractivity (Wildman–Crippen MR) is 82.4 cm³/mol. The summed E-state index contributed by atoms with van der Waals surface area (Å²) in [6.07, 6.45) is 3.69. The first-order valence-corrected chi connectivity index (χ1v) is 8.52. The number of morpholine rings is 1. The van der Waals surface area contributed by atoms with E-state index in [-0.39, 0.29) is 23.8 Å². The van der Waals surface area contributed by atoms with Gasteiger partial charge in [0.15, 0.2) is 0 Å². The Bertz CT molecular complexity index is 415. The first-order chi connectivity index (χ1) is 10.7. The van der Waals surface area contributed by atoms with Gasteiger partial charge in [-0.15, -0.1) is 0 Å². The average Bonchev–Trinajstić information content (AvgIpc) is 3.00. The number of nitrogens with zero attached hydrogens (tertiary/aromatic N) is 3. The number of amides is 2. The van der Waals surface area contributed by atoms with Crippen LogP contribution in [0.3, 0.4) is 0 Å². The van der Waals surface area contributed by atoms with Gasteiger partial charge in [-0.2, -0.15) is 0 Å². The topological polar surface area (TPSA) is 53.1 Å². The number of rotatable bonds is 2. The third-order valence-corrected chi connectivity index (χ3v) is 5.28. The highest BCUT2D eigenvalue weighted by Gasteiger charge is 2.35. The number of carbonyl (C=O) groups excluding carboxylic acids is 2. The smallest absolute Gasteiger partial charge is 0.239 e. The van der Waals surface area contributed by atoms with Crippen LogP contribution in [0.5, 0.6) is 0 Å². The van der Waals surface area contributed by atoms with Gasteiger partial charge in [0.25, 0.3) is 0 Å². The van der Waals surface area contributed by atoms with Crippen LogP contribution in [0.4, 0.5) is 0 Å². The van der Waals surface area contributed by atoms with Gasteiger partial charge < -0.3 is 14.5 Å². The quantitative estimate of drug-likeness (QED) is 0.730. The molecule has 1 unspecified atom stereocenters. The molecule has 0 bridgehead atoms. The Labute approximate surface area is 132 Å². The van der Waals surface area contributed by atoms with Gasteiger partial charge in [0, 0.05) is 32.1 Å². The molecule has 124 valence electrons. The molecule has 0 spiro atoms. The number of hydrogen-bond acceptors (Lipinski definition) is 4. The number of hydrogen-bond donors (Lipinski definition) is 0. The van der Waals surface area contributed by atoms with Crippen LogP contribution in [0.2, 0.25) is 0 Å². The molecule has 6 heteroatoms. The van der Waals surface area contributed by atoms with E-state index in [0.717, 1.165) is 45.3 Å². The highest BCUT2D eigenvalue weighted by atomic mass is 16.5. The largest absolute Gasteiger partial charge is 0.378 e. The maximum atomic E-state index is 12.6. The summed E-state index contributed by atoms with van der Waals surface area (Å²) in [6, 6.07) is 0.0616. The molecule has 0 saturated carbocycles. The van der Waals surface area contributed by atoms with Gasteiger partial charge >= 0.3 is 0 Å². The summed E-state index contributed by atoms with van der Waals surface area (Å²) >= 11 is 0. The Morgan fingerprint density at radius 1 is 0.864 bits per heavy atom. The third-order valence-electron chi connectivity index (χ3n) is 5.28. The van der Waals surface area contributed by atoms with Crippen molar-refractivity contribution in [3.63, 3.8) is 0 Å². The molecule has 3 rings (SSSR count). The fourth-order valence-corrected chi connectivity index (χ4v) is 3.82. The molecule has 0 aliphatic carbocycles. The van der Waals surface area contributed by atoms with Crippen molar-refractivity contribution >= 4 is 11.8 Å². The molecular weight excluding hydrogens is 282 g/mol. The molecule has 0 aromatic carbocycles. The summed E-state index contributed by atoms with van der Waals surface area (Å²) in [5, 5.41) is 0. The average molecular weight is 309 g/mol. The molecule has 0 N–H and O–H groups in total. The van der Waals surface area contributed by atoms with E-state index in [1.54, 1.807) is 0 Å². The zero-order chi connectivity index (χ0) is 15.5. The van der Waals surface area contributed by atoms with Gasteiger partial charge in [-0.3, -0.25) is 14.5 Å². The summed E-state index contributed by atoms with van der Waals surface area (Å²) in [5.41, 5.74) is 0. The Hall–Kier alpha value is -1.14. The fourth-order valence-electron chi connectivity index (χ4n) is 3.82. The molecule has 3 heterocycles. The van der Waals surface area contributed by atoms with Crippen LogP contribution in [0.25, 0.3) is 0 Å². The maximum absolute atomic E-state index is 12.6. The second kappa shape index (κ2) is 6.96. The van der Waals surface area contributed by atoms with Crippen molar-refractivity contribution in [2.24, 2.45) is 5.92 Å². The van der Waals surface area contributed by atoms with Crippen molar-refractivity contribution < 1.29 is 14.3 Å². The van der Waals surface area contributed by atoms with Gasteiger partial charge in [0.2, 0.25) is 11.8 Å². The molecule has 3 aliphatic rings. The lowest BCUT2D eigenvalue weighted by molar-refractivity contribution is -0.145. The molecule has 1 atom stereocenters. The van der Waals surface area contributed by atoms with Crippen LogP contribution in [0, 0.1) is 5.92 Å². The number of carbonyl (C=O) groups is 2. The molecule has 2 amide bonds. The highest BCUT2D eigenvalue weighted by Crippen LogP contribution is 2.23. The van der Waals surface area contributed by atoms with Gasteiger partial charge in [-0.25, -0.2) is 0 Å². The highest BCUT2D eigenvalue weighted by molar-refractivity contribution is 5.83. The van der Waals surface area contributed by atoms with Crippen LogP contribution in [0.1, 0.15) is 25.7 Å². The lowest BCUT2D eigenvalue weighted by atomic mass is 9.94. The monoisotopic (exact) mass is 309 g/mol. The second-order valence-electron chi connectivity index (χ2n) is 6.68.